The molecular weight excluding hydrogens is 236 g/mol. The zero-order chi connectivity index (χ0) is 12.7. The van der Waals surface area contributed by atoms with E-state index in [4.69, 9.17) is 11.6 Å². The molecule has 0 amide bonds. The first-order valence-corrected chi connectivity index (χ1v) is 6.38. The van der Waals surface area contributed by atoms with Crippen LogP contribution in [0, 0.1) is 0 Å². The van der Waals surface area contributed by atoms with Crippen molar-refractivity contribution in [3.63, 3.8) is 0 Å². The van der Waals surface area contributed by atoms with Gasteiger partial charge in [-0.2, -0.15) is 0 Å². The molecule has 0 saturated carbocycles. The summed E-state index contributed by atoms with van der Waals surface area (Å²) in [6.07, 6.45) is 4.24. The Hall–Kier alpha value is -1.16. The second kappa shape index (κ2) is 7.22. The van der Waals surface area contributed by atoms with Gasteiger partial charge in [0.05, 0.1) is 0 Å². The Kier molecular flexibility index (Phi) is 5.91. The van der Waals surface area contributed by atoms with Crippen molar-refractivity contribution in [2.45, 2.75) is 27.2 Å². The Balaban J connectivity index is 3.10. The number of hydrogen-bond acceptors (Lipinski definition) is 3. The molecule has 0 fully saturated rings. The third-order valence-electron chi connectivity index (χ3n) is 2.41. The maximum Gasteiger partial charge on any atom is 0.158 e. The number of halogens is 1. The van der Waals surface area contributed by atoms with Gasteiger partial charge in [-0.05, 0) is 20.3 Å². The zero-order valence-corrected chi connectivity index (χ0v) is 11.4. The van der Waals surface area contributed by atoms with Crippen molar-refractivity contribution in [3.8, 4) is 0 Å². The molecule has 0 aliphatic rings. The van der Waals surface area contributed by atoms with E-state index in [9.17, 15) is 0 Å². The molecule has 1 rings (SSSR count). The predicted octanol–water partition coefficient (Wildman–Crippen LogP) is 2.63. The van der Waals surface area contributed by atoms with Crippen LogP contribution in [0.15, 0.2) is 17.4 Å². The van der Waals surface area contributed by atoms with Gasteiger partial charge in [0, 0.05) is 32.0 Å². The van der Waals surface area contributed by atoms with E-state index in [0.717, 1.165) is 31.9 Å². The molecule has 0 aromatic carbocycles. The fourth-order valence-corrected chi connectivity index (χ4v) is 1.73. The first kappa shape index (κ1) is 13.9. The second-order valence-electron chi connectivity index (χ2n) is 3.57. The Labute approximate surface area is 108 Å². The summed E-state index contributed by atoms with van der Waals surface area (Å²) in [7, 11) is 0. The van der Waals surface area contributed by atoms with Crippen LogP contribution in [0.3, 0.4) is 0 Å². The monoisotopic (exact) mass is 254 g/mol. The lowest BCUT2D eigenvalue weighted by Gasteiger charge is -2.22. The molecule has 0 aliphatic heterocycles. The highest BCUT2D eigenvalue weighted by Gasteiger charge is 2.15. The molecule has 4 nitrogen and oxygen atoms in total. The fraction of sp³-hybridized carbons (Fsp3) is 0.583. The van der Waals surface area contributed by atoms with Crippen LogP contribution in [0.5, 0.6) is 0 Å². The van der Waals surface area contributed by atoms with Gasteiger partial charge < -0.3 is 4.90 Å². The van der Waals surface area contributed by atoms with Crippen molar-refractivity contribution >= 4 is 17.4 Å². The topological polar surface area (TPSA) is 41.4 Å². The fourth-order valence-electron chi connectivity index (χ4n) is 1.54. The molecule has 0 bridgehead atoms. The standard InChI is InChI=1S/C12H19ClN4/c1-4-7-16-12(17(5-2)6-3)10-11(13)15-9-8-14-10/h8-9H,4-7H2,1-3H3. The van der Waals surface area contributed by atoms with Crippen molar-refractivity contribution < 1.29 is 0 Å². The maximum absolute atomic E-state index is 6.07. The van der Waals surface area contributed by atoms with Gasteiger partial charge in [0.15, 0.2) is 11.0 Å². The van der Waals surface area contributed by atoms with Crippen molar-refractivity contribution in [1.29, 1.82) is 0 Å². The number of amidine groups is 1. The van der Waals surface area contributed by atoms with Crippen LogP contribution in [-0.2, 0) is 0 Å². The Morgan fingerprint density at radius 2 is 1.88 bits per heavy atom. The van der Waals surface area contributed by atoms with Crippen LogP contribution in [0.2, 0.25) is 5.15 Å². The molecule has 0 atom stereocenters. The lowest BCUT2D eigenvalue weighted by molar-refractivity contribution is 0.463. The summed E-state index contributed by atoms with van der Waals surface area (Å²) in [5, 5.41) is 0.411. The van der Waals surface area contributed by atoms with E-state index in [1.165, 1.54) is 0 Å². The first-order valence-electron chi connectivity index (χ1n) is 6.00. The van der Waals surface area contributed by atoms with E-state index >= 15 is 0 Å². The van der Waals surface area contributed by atoms with Gasteiger partial charge in [-0.15, -0.1) is 0 Å². The highest BCUT2D eigenvalue weighted by molar-refractivity contribution is 6.32. The van der Waals surface area contributed by atoms with E-state index in [1.54, 1.807) is 12.4 Å². The third-order valence-corrected chi connectivity index (χ3v) is 2.69. The number of rotatable bonds is 5. The van der Waals surface area contributed by atoms with Crippen molar-refractivity contribution in [3.05, 3.63) is 23.2 Å². The number of aromatic nitrogens is 2. The van der Waals surface area contributed by atoms with Crippen LogP contribution < -0.4 is 0 Å². The number of nitrogens with zero attached hydrogens (tertiary/aromatic N) is 4. The minimum absolute atomic E-state index is 0.411. The normalized spacial score (nSPS) is 11.6. The summed E-state index contributed by atoms with van der Waals surface area (Å²) in [6, 6.07) is 0. The van der Waals surface area contributed by atoms with E-state index in [0.29, 0.717) is 10.8 Å². The van der Waals surface area contributed by atoms with Crippen molar-refractivity contribution in [1.82, 2.24) is 14.9 Å². The lowest BCUT2D eigenvalue weighted by atomic mass is 10.3. The van der Waals surface area contributed by atoms with Gasteiger partial charge in [0.2, 0.25) is 0 Å². The molecule has 5 heteroatoms. The van der Waals surface area contributed by atoms with Gasteiger partial charge in [0.25, 0.3) is 0 Å². The molecular formula is C12H19ClN4. The van der Waals surface area contributed by atoms with Crippen LogP contribution in [0.25, 0.3) is 0 Å². The average molecular weight is 255 g/mol. The Morgan fingerprint density at radius 3 is 2.41 bits per heavy atom. The van der Waals surface area contributed by atoms with Crippen LogP contribution >= 0.6 is 11.6 Å². The summed E-state index contributed by atoms with van der Waals surface area (Å²) >= 11 is 6.07. The zero-order valence-electron chi connectivity index (χ0n) is 10.6. The summed E-state index contributed by atoms with van der Waals surface area (Å²) in [6.45, 7) is 8.82. The smallest absolute Gasteiger partial charge is 0.158 e. The Morgan fingerprint density at radius 1 is 1.24 bits per heavy atom. The maximum atomic E-state index is 6.07. The molecule has 1 aromatic rings. The molecule has 1 aromatic heterocycles. The summed E-state index contributed by atoms with van der Waals surface area (Å²) in [4.78, 5) is 15.1. The minimum atomic E-state index is 0.411. The third kappa shape index (κ3) is 3.66. The second-order valence-corrected chi connectivity index (χ2v) is 3.93. The van der Waals surface area contributed by atoms with Gasteiger partial charge in [0.1, 0.15) is 5.69 Å². The number of aliphatic imine (C=N–C) groups is 1. The summed E-state index contributed by atoms with van der Waals surface area (Å²) in [5.74, 6) is 0.843. The van der Waals surface area contributed by atoms with E-state index in [1.807, 2.05) is 0 Å². The van der Waals surface area contributed by atoms with E-state index in [-0.39, 0.29) is 0 Å². The first-order chi connectivity index (χ1) is 8.24. The molecule has 0 N–H and O–H groups in total. The van der Waals surface area contributed by atoms with Crippen LogP contribution in [-0.4, -0.2) is 40.3 Å². The minimum Gasteiger partial charge on any atom is -0.356 e. The molecule has 0 saturated heterocycles. The van der Waals surface area contributed by atoms with Gasteiger partial charge in [-0.25, -0.2) is 9.97 Å². The van der Waals surface area contributed by atoms with Crippen molar-refractivity contribution in [2.24, 2.45) is 4.99 Å². The molecule has 0 spiro atoms. The van der Waals surface area contributed by atoms with Gasteiger partial charge in [-0.3, -0.25) is 4.99 Å². The predicted molar refractivity (Wildman–Crippen MR) is 71.7 cm³/mol. The van der Waals surface area contributed by atoms with E-state index in [2.05, 4.69) is 40.6 Å². The van der Waals surface area contributed by atoms with Crippen LogP contribution in [0.4, 0.5) is 0 Å². The summed E-state index contributed by atoms with van der Waals surface area (Å²) < 4.78 is 0. The quantitative estimate of drug-likeness (QED) is 0.599. The number of hydrogen-bond donors (Lipinski definition) is 0. The SMILES string of the molecule is CCCN=C(c1nccnc1Cl)N(CC)CC. The Bertz CT molecular complexity index is 375. The highest BCUT2D eigenvalue weighted by atomic mass is 35.5. The average Bonchev–Trinajstić information content (AvgIpc) is 2.36. The molecule has 94 valence electrons. The summed E-state index contributed by atoms with van der Waals surface area (Å²) in [5.41, 5.74) is 0.673. The van der Waals surface area contributed by atoms with Crippen LogP contribution in [0.1, 0.15) is 32.9 Å². The van der Waals surface area contributed by atoms with E-state index < -0.39 is 0 Å². The lowest BCUT2D eigenvalue weighted by Crippen LogP contribution is -2.32. The molecule has 1 heterocycles. The molecule has 17 heavy (non-hydrogen) atoms. The van der Waals surface area contributed by atoms with Gasteiger partial charge in [-0.1, -0.05) is 18.5 Å². The van der Waals surface area contributed by atoms with Crippen molar-refractivity contribution in [2.75, 3.05) is 19.6 Å². The largest absolute Gasteiger partial charge is 0.356 e. The highest BCUT2D eigenvalue weighted by Crippen LogP contribution is 2.12. The van der Waals surface area contributed by atoms with Gasteiger partial charge >= 0.3 is 0 Å². The molecule has 0 radical (unpaired) electrons. The molecule has 0 unspecified atom stereocenters. The molecule has 0 aliphatic carbocycles.